The summed E-state index contributed by atoms with van der Waals surface area (Å²) >= 11 is 0. The summed E-state index contributed by atoms with van der Waals surface area (Å²) in [6.07, 6.45) is 0. The van der Waals surface area contributed by atoms with E-state index in [0.29, 0.717) is 5.92 Å². The SMILES string of the molecule is Cc1ccc(C(C)(CO)NCC(C)C)cc1C. The molecule has 2 N–H and O–H groups in total. The van der Waals surface area contributed by atoms with E-state index in [2.05, 4.69) is 58.1 Å². The molecule has 1 aromatic carbocycles. The minimum atomic E-state index is -0.345. The van der Waals surface area contributed by atoms with Crippen LogP contribution in [0.15, 0.2) is 18.2 Å². The number of hydrogen-bond donors (Lipinski definition) is 2. The summed E-state index contributed by atoms with van der Waals surface area (Å²) in [4.78, 5) is 0. The van der Waals surface area contributed by atoms with Crippen molar-refractivity contribution in [2.45, 2.75) is 40.2 Å². The molecule has 1 atom stereocenters. The molecule has 0 bridgehead atoms. The number of benzene rings is 1. The maximum Gasteiger partial charge on any atom is 0.0652 e. The van der Waals surface area contributed by atoms with Gasteiger partial charge in [-0.15, -0.1) is 0 Å². The van der Waals surface area contributed by atoms with Crippen LogP contribution in [0.4, 0.5) is 0 Å². The van der Waals surface area contributed by atoms with E-state index in [4.69, 9.17) is 0 Å². The monoisotopic (exact) mass is 235 g/mol. The summed E-state index contributed by atoms with van der Waals surface area (Å²) in [6, 6.07) is 6.39. The van der Waals surface area contributed by atoms with E-state index in [1.54, 1.807) is 0 Å². The van der Waals surface area contributed by atoms with Gasteiger partial charge in [0.2, 0.25) is 0 Å². The van der Waals surface area contributed by atoms with Crippen molar-refractivity contribution in [3.05, 3.63) is 34.9 Å². The largest absolute Gasteiger partial charge is 0.394 e. The molecule has 0 saturated heterocycles. The van der Waals surface area contributed by atoms with Crippen LogP contribution in [0.5, 0.6) is 0 Å². The smallest absolute Gasteiger partial charge is 0.0652 e. The lowest BCUT2D eigenvalue weighted by Crippen LogP contribution is -2.44. The average Bonchev–Trinajstić information content (AvgIpc) is 2.29. The van der Waals surface area contributed by atoms with Gasteiger partial charge < -0.3 is 10.4 Å². The lowest BCUT2D eigenvalue weighted by Gasteiger charge is -2.31. The molecule has 1 unspecified atom stereocenters. The van der Waals surface area contributed by atoms with Crippen LogP contribution in [0.3, 0.4) is 0 Å². The molecule has 0 aliphatic carbocycles. The van der Waals surface area contributed by atoms with Crippen LogP contribution in [0.1, 0.15) is 37.5 Å². The molecule has 2 heteroatoms. The second-order valence-corrected chi connectivity index (χ2v) is 5.56. The third-order valence-electron chi connectivity index (χ3n) is 3.36. The zero-order chi connectivity index (χ0) is 13.1. The molecule has 2 nitrogen and oxygen atoms in total. The Morgan fingerprint density at radius 2 is 1.88 bits per heavy atom. The molecule has 0 aliphatic rings. The summed E-state index contributed by atoms with van der Waals surface area (Å²) in [5.41, 5.74) is 3.37. The van der Waals surface area contributed by atoms with E-state index >= 15 is 0 Å². The van der Waals surface area contributed by atoms with Crippen molar-refractivity contribution in [1.29, 1.82) is 0 Å². The van der Waals surface area contributed by atoms with Crippen LogP contribution >= 0.6 is 0 Å². The maximum atomic E-state index is 9.65. The molecule has 0 spiro atoms. The molecule has 0 aliphatic heterocycles. The highest BCUT2D eigenvalue weighted by Crippen LogP contribution is 2.23. The second-order valence-electron chi connectivity index (χ2n) is 5.56. The molecule has 17 heavy (non-hydrogen) atoms. The van der Waals surface area contributed by atoms with Crippen molar-refractivity contribution in [1.82, 2.24) is 5.32 Å². The summed E-state index contributed by atoms with van der Waals surface area (Å²) in [5, 5.41) is 13.1. The summed E-state index contributed by atoms with van der Waals surface area (Å²) in [6.45, 7) is 11.6. The summed E-state index contributed by atoms with van der Waals surface area (Å²) in [5.74, 6) is 0.576. The Balaban J connectivity index is 2.94. The summed E-state index contributed by atoms with van der Waals surface area (Å²) in [7, 11) is 0. The first kappa shape index (κ1) is 14.2. The Bertz CT molecular complexity index is 373. The lowest BCUT2D eigenvalue weighted by atomic mass is 9.90. The van der Waals surface area contributed by atoms with E-state index in [1.165, 1.54) is 11.1 Å². The first-order valence-electron chi connectivity index (χ1n) is 6.32. The normalized spacial score (nSPS) is 15.0. The standard InChI is InChI=1S/C15H25NO/c1-11(2)9-16-15(5,10-17)14-7-6-12(3)13(4)8-14/h6-8,11,16-17H,9-10H2,1-5H3. The Morgan fingerprint density at radius 3 is 2.35 bits per heavy atom. The highest BCUT2D eigenvalue weighted by molar-refractivity contribution is 5.34. The Labute approximate surface area is 105 Å². The van der Waals surface area contributed by atoms with Crippen molar-refractivity contribution < 1.29 is 5.11 Å². The van der Waals surface area contributed by atoms with Gasteiger partial charge in [0.1, 0.15) is 0 Å². The first-order valence-corrected chi connectivity index (χ1v) is 6.32. The van der Waals surface area contributed by atoms with Gasteiger partial charge in [-0.1, -0.05) is 32.0 Å². The summed E-state index contributed by atoms with van der Waals surface area (Å²) < 4.78 is 0. The number of aliphatic hydroxyl groups is 1. The zero-order valence-electron chi connectivity index (χ0n) is 11.7. The van der Waals surface area contributed by atoms with Crippen LogP contribution in [0.25, 0.3) is 0 Å². The van der Waals surface area contributed by atoms with Crippen LogP contribution in [0.2, 0.25) is 0 Å². The van der Waals surface area contributed by atoms with Gasteiger partial charge in [-0.25, -0.2) is 0 Å². The number of hydrogen-bond acceptors (Lipinski definition) is 2. The Morgan fingerprint density at radius 1 is 1.24 bits per heavy atom. The number of aryl methyl sites for hydroxylation is 2. The van der Waals surface area contributed by atoms with Crippen LogP contribution in [-0.4, -0.2) is 18.3 Å². The molecule has 0 fully saturated rings. The molecule has 1 rings (SSSR count). The van der Waals surface area contributed by atoms with Crippen molar-refractivity contribution >= 4 is 0 Å². The lowest BCUT2D eigenvalue weighted by molar-refractivity contribution is 0.171. The molecule has 1 aromatic rings. The van der Waals surface area contributed by atoms with Gasteiger partial charge in [0, 0.05) is 0 Å². The van der Waals surface area contributed by atoms with E-state index in [1.807, 2.05) is 0 Å². The number of rotatable bonds is 5. The minimum Gasteiger partial charge on any atom is -0.394 e. The molecule has 0 aromatic heterocycles. The van der Waals surface area contributed by atoms with Gasteiger partial charge in [0.25, 0.3) is 0 Å². The molecule has 0 saturated carbocycles. The van der Waals surface area contributed by atoms with Crippen LogP contribution < -0.4 is 5.32 Å². The minimum absolute atomic E-state index is 0.113. The van der Waals surface area contributed by atoms with E-state index in [9.17, 15) is 5.11 Å². The fourth-order valence-corrected chi connectivity index (χ4v) is 1.76. The highest BCUT2D eigenvalue weighted by Gasteiger charge is 2.25. The molecule has 96 valence electrons. The third kappa shape index (κ3) is 3.55. The average molecular weight is 235 g/mol. The molecule has 0 amide bonds. The third-order valence-corrected chi connectivity index (χ3v) is 3.36. The molecular formula is C15H25NO. The fraction of sp³-hybridized carbons (Fsp3) is 0.600. The Hall–Kier alpha value is -0.860. The molecule has 0 radical (unpaired) electrons. The zero-order valence-corrected chi connectivity index (χ0v) is 11.7. The van der Waals surface area contributed by atoms with Gasteiger partial charge in [-0.3, -0.25) is 0 Å². The number of aliphatic hydroxyl groups excluding tert-OH is 1. The van der Waals surface area contributed by atoms with E-state index < -0.39 is 0 Å². The second kappa shape index (κ2) is 5.65. The van der Waals surface area contributed by atoms with Crippen molar-refractivity contribution in [3.63, 3.8) is 0 Å². The molecule has 0 heterocycles. The topological polar surface area (TPSA) is 32.3 Å². The van der Waals surface area contributed by atoms with Crippen LogP contribution in [0, 0.1) is 19.8 Å². The van der Waals surface area contributed by atoms with Crippen LogP contribution in [-0.2, 0) is 5.54 Å². The predicted octanol–water partition coefficient (Wildman–Crippen LogP) is 2.76. The van der Waals surface area contributed by atoms with Gasteiger partial charge in [0.05, 0.1) is 12.1 Å². The molecular weight excluding hydrogens is 210 g/mol. The maximum absolute atomic E-state index is 9.65. The van der Waals surface area contributed by atoms with Gasteiger partial charge in [-0.2, -0.15) is 0 Å². The highest BCUT2D eigenvalue weighted by atomic mass is 16.3. The fourth-order valence-electron chi connectivity index (χ4n) is 1.76. The Kier molecular flexibility index (Phi) is 4.72. The quantitative estimate of drug-likeness (QED) is 0.822. The van der Waals surface area contributed by atoms with E-state index in [-0.39, 0.29) is 12.1 Å². The van der Waals surface area contributed by atoms with Gasteiger partial charge in [-0.05, 0) is 49.9 Å². The van der Waals surface area contributed by atoms with Crippen molar-refractivity contribution in [2.24, 2.45) is 5.92 Å². The van der Waals surface area contributed by atoms with Gasteiger partial charge >= 0.3 is 0 Å². The van der Waals surface area contributed by atoms with Crippen molar-refractivity contribution in [2.75, 3.05) is 13.2 Å². The van der Waals surface area contributed by atoms with Gasteiger partial charge in [0.15, 0.2) is 0 Å². The number of nitrogens with one attached hydrogen (secondary N) is 1. The van der Waals surface area contributed by atoms with E-state index in [0.717, 1.165) is 12.1 Å². The van der Waals surface area contributed by atoms with Crippen molar-refractivity contribution in [3.8, 4) is 0 Å². The predicted molar refractivity (Wildman–Crippen MR) is 73.2 cm³/mol. The first-order chi connectivity index (χ1) is 7.89.